The Bertz CT molecular complexity index is 1050. The van der Waals surface area contributed by atoms with Gasteiger partial charge in [0.1, 0.15) is 0 Å². The molecule has 0 aromatic heterocycles. The van der Waals surface area contributed by atoms with Gasteiger partial charge in [-0.1, -0.05) is 29.7 Å². The Morgan fingerprint density at radius 1 is 1.18 bits per heavy atom. The second kappa shape index (κ2) is 9.37. The monoisotopic (exact) mass is 419 g/mol. The van der Waals surface area contributed by atoms with Gasteiger partial charge in [-0.05, 0) is 42.8 Å². The van der Waals surface area contributed by atoms with Gasteiger partial charge in [-0.25, -0.2) is 8.42 Å². The molecule has 0 spiro atoms. The number of amides is 2. The van der Waals surface area contributed by atoms with Crippen molar-refractivity contribution in [1.29, 1.82) is 0 Å². The van der Waals surface area contributed by atoms with Gasteiger partial charge in [0, 0.05) is 5.56 Å². The SMILES string of the molecule is C#CCNS(=O)(=O)c1cccc(C(=O)NCC(=O)Nc2ccc(C)cc2Cl)c1. The molecule has 0 heterocycles. The van der Waals surface area contributed by atoms with Crippen LogP contribution in [0.15, 0.2) is 47.4 Å². The minimum atomic E-state index is -3.83. The van der Waals surface area contributed by atoms with Crippen molar-refractivity contribution in [2.45, 2.75) is 11.8 Å². The van der Waals surface area contributed by atoms with E-state index >= 15 is 0 Å². The Kier molecular flexibility index (Phi) is 7.18. The molecule has 0 unspecified atom stereocenters. The fourth-order valence-corrected chi connectivity index (χ4v) is 3.47. The molecule has 0 saturated carbocycles. The summed E-state index contributed by atoms with van der Waals surface area (Å²) in [5, 5.41) is 5.41. The average Bonchev–Trinajstić information content (AvgIpc) is 2.67. The Morgan fingerprint density at radius 2 is 1.93 bits per heavy atom. The lowest BCUT2D eigenvalue weighted by atomic mass is 10.2. The second-order valence-electron chi connectivity index (χ2n) is 5.77. The predicted octanol–water partition coefficient (Wildman–Crippen LogP) is 1.93. The van der Waals surface area contributed by atoms with Gasteiger partial charge in [-0.2, -0.15) is 4.72 Å². The molecule has 0 aliphatic heterocycles. The van der Waals surface area contributed by atoms with E-state index in [-0.39, 0.29) is 23.5 Å². The number of terminal acetylenes is 1. The molecule has 3 N–H and O–H groups in total. The van der Waals surface area contributed by atoms with Crippen LogP contribution in [0.5, 0.6) is 0 Å². The minimum Gasteiger partial charge on any atom is -0.343 e. The lowest BCUT2D eigenvalue weighted by Crippen LogP contribution is -2.33. The normalized spacial score (nSPS) is 10.8. The highest BCUT2D eigenvalue weighted by atomic mass is 35.5. The van der Waals surface area contributed by atoms with E-state index in [1.54, 1.807) is 18.2 Å². The first-order valence-corrected chi connectivity index (χ1v) is 9.96. The first kappa shape index (κ1) is 21.4. The molecule has 9 heteroatoms. The molecular formula is C19H18ClN3O4S. The number of aryl methyl sites for hydroxylation is 1. The maximum Gasteiger partial charge on any atom is 0.251 e. The highest BCUT2D eigenvalue weighted by Gasteiger charge is 2.16. The van der Waals surface area contributed by atoms with Gasteiger partial charge in [0.25, 0.3) is 5.91 Å². The van der Waals surface area contributed by atoms with Crippen LogP contribution in [0.4, 0.5) is 5.69 Å². The quantitative estimate of drug-likeness (QED) is 0.596. The Labute approximate surface area is 168 Å². The molecule has 0 aliphatic carbocycles. The molecule has 0 atom stereocenters. The number of halogens is 1. The molecule has 2 aromatic rings. The highest BCUT2D eigenvalue weighted by Crippen LogP contribution is 2.22. The van der Waals surface area contributed by atoms with Gasteiger partial charge in [0.15, 0.2) is 0 Å². The van der Waals surface area contributed by atoms with E-state index in [9.17, 15) is 18.0 Å². The van der Waals surface area contributed by atoms with E-state index < -0.39 is 21.8 Å². The molecule has 2 aromatic carbocycles. The third kappa shape index (κ3) is 5.82. The van der Waals surface area contributed by atoms with Crippen LogP contribution < -0.4 is 15.4 Å². The fraction of sp³-hybridized carbons (Fsp3) is 0.158. The Hall–Kier alpha value is -2.86. The fourth-order valence-electron chi connectivity index (χ4n) is 2.20. The van der Waals surface area contributed by atoms with Crippen molar-refractivity contribution >= 4 is 39.1 Å². The summed E-state index contributed by atoms with van der Waals surface area (Å²) in [6, 6.07) is 10.5. The zero-order valence-corrected chi connectivity index (χ0v) is 16.5. The molecule has 28 heavy (non-hydrogen) atoms. The second-order valence-corrected chi connectivity index (χ2v) is 7.94. The molecule has 146 valence electrons. The number of hydrogen-bond donors (Lipinski definition) is 3. The molecule has 2 amide bonds. The maximum absolute atomic E-state index is 12.2. The van der Waals surface area contributed by atoms with Crippen molar-refractivity contribution in [3.05, 3.63) is 58.6 Å². The lowest BCUT2D eigenvalue weighted by molar-refractivity contribution is -0.115. The summed E-state index contributed by atoms with van der Waals surface area (Å²) in [5.41, 5.74) is 1.46. The molecule has 0 aliphatic rings. The number of benzene rings is 2. The number of carbonyl (C=O) groups excluding carboxylic acids is 2. The summed E-state index contributed by atoms with van der Waals surface area (Å²) in [6.07, 6.45) is 5.04. The van der Waals surface area contributed by atoms with Gasteiger partial charge in [0.2, 0.25) is 15.9 Å². The summed E-state index contributed by atoms with van der Waals surface area (Å²) in [4.78, 5) is 24.2. The van der Waals surface area contributed by atoms with Crippen molar-refractivity contribution in [3.8, 4) is 12.3 Å². The van der Waals surface area contributed by atoms with Crippen molar-refractivity contribution in [2.24, 2.45) is 0 Å². The van der Waals surface area contributed by atoms with Gasteiger partial charge in [-0.15, -0.1) is 6.42 Å². The van der Waals surface area contributed by atoms with Crippen molar-refractivity contribution in [2.75, 3.05) is 18.4 Å². The summed E-state index contributed by atoms with van der Waals surface area (Å²) >= 11 is 6.05. The summed E-state index contributed by atoms with van der Waals surface area (Å²) < 4.78 is 26.4. The Balaban J connectivity index is 2.00. The average molecular weight is 420 g/mol. The molecule has 7 nitrogen and oxygen atoms in total. The van der Waals surface area contributed by atoms with Gasteiger partial charge < -0.3 is 10.6 Å². The van der Waals surface area contributed by atoms with E-state index in [0.29, 0.717) is 10.7 Å². The first-order valence-electron chi connectivity index (χ1n) is 8.10. The maximum atomic E-state index is 12.2. The summed E-state index contributed by atoms with van der Waals surface area (Å²) in [7, 11) is -3.83. The van der Waals surface area contributed by atoms with Crippen LogP contribution in [0, 0.1) is 19.3 Å². The molecule has 0 fully saturated rings. The third-order valence-corrected chi connectivity index (χ3v) is 5.29. The van der Waals surface area contributed by atoms with Crippen molar-refractivity contribution < 1.29 is 18.0 Å². The Morgan fingerprint density at radius 3 is 2.61 bits per heavy atom. The van der Waals surface area contributed by atoms with Crippen LogP contribution in [0.2, 0.25) is 5.02 Å². The minimum absolute atomic E-state index is 0.0877. The van der Waals surface area contributed by atoms with Crippen LogP contribution in [0.3, 0.4) is 0 Å². The van der Waals surface area contributed by atoms with Crippen LogP contribution in [-0.4, -0.2) is 33.3 Å². The molecule has 0 saturated heterocycles. The highest BCUT2D eigenvalue weighted by molar-refractivity contribution is 7.89. The van der Waals surface area contributed by atoms with E-state index in [2.05, 4.69) is 21.3 Å². The number of carbonyl (C=O) groups is 2. The van der Waals surface area contributed by atoms with Crippen LogP contribution >= 0.6 is 11.6 Å². The molecule has 2 rings (SSSR count). The lowest BCUT2D eigenvalue weighted by Gasteiger charge is -2.10. The van der Waals surface area contributed by atoms with Gasteiger partial charge in [-0.3, -0.25) is 9.59 Å². The van der Waals surface area contributed by atoms with E-state index in [4.69, 9.17) is 18.0 Å². The number of sulfonamides is 1. The zero-order valence-electron chi connectivity index (χ0n) is 15.0. The smallest absolute Gasteiger partial charge is 0.251 e. The van der Waals surface area contributed by atoms with Crippen molar-refractivity contribution in [3.63, 3.8) is 0 Å². The predicted molar refractivity (Wildman–Crippen MR) is 108 cm³/mol. The van der Waals surface area contributed by atoms with Crippen molar-refractivity contribution in [1.82, 2.24) is 10.0 Å². The number of anilines is 1. The van der Waals surface area contributed by atoms with E-state index in [1.165, 1.54) is 24.3 Å². The number of rotatable bonds is 7. The molecular weight excluding hydrogens is 402 g/mol. The van der Waals surface area contributed by atoms with Gasteiger partial charge >= 0.3 is 0 Å². The van der Waals surface area contributed by atoms with Crippen LogP contribution in [0.25, 0.3) is 0 Å². The van der Waals surface area contributed by atoms with E-state index in [0.717, 1.165) is 5.56 Å². The molecule has 0 bridgehead atoms. The third-order valence-electron chi connectivity index (χ3n) is 3.58. The largest absolute Gasteiger partial charge is 0.343 e. The summed E-state index contributed by atoms with van der Waals surface area (Å²) in [6.45, 7) is 1.39. The van der Waals surface area contributed by atoms with Crippen LogP contribution in [-0.2, 0) is 14.8 Å². The zero-order chi connectivity index (χ0) is 20.7. The molecule has 0 radical (unpaired) electrons. The topological polar surface area (TPSA) is 104 Å². The summed E-state index contributed by atoms with van der Waals surface area (Å²) in [5.74, 6) is 1.10. The van der Waals surface area contributed by atoms with E-state index in [1.807, 2.05) is 6.92 Å². The number of hydrogen-bond acceptors (Lipinski definition) is 4. The first-order chi connectivity index (χ1) is 13.2. The standard InChI is InChI=1S/C19H18ClN3O4S/c1-3-9-22-28(26,27)15-6-4-5-14(11-15)19(25)21-12-18(24)23-17-8-7-13(2)10-16(17)20/h1,4-8,10-11,22H,9,12H2,2H3,(H,21,25)(H,23,24). The number of nitrogens with one attached hydrogen (secondary N) is 3. The van der Waals surface area contributed by atoms with Gasteiger partial charge in [0.05, 0.1) is 28.7 Å². The van der Waals surface area contributed by atoms with Crippen LogP contribution in [0.1, 0.15) is 15.9 Å².